The molecule has 0 aliphatic heterocycles. The van der Waals surface area contributed by atoms with Crippen LogP contribution >= 0.6 is 0 Å². The van der Waals surface area contributed by atoms with Crippen molar-refractivity contribution in [2.24, 2.45) is 0 Å². The van der Waals surface area contributed by atoms with Crippen molar-refractivity contribution < 1.29 is 9.53 Å². The number of anilines is 1. The van der Waals surface area contributed by atoms with E-state index in [0.717, 1.165) is 0 Å². The van der Waals surface area contributed by atoms with Gasteiger partial charge in [0, 0.05) is 24.7 Å². The van der Waals surface area contributed by atoms with Crippen molar-refractivity contribution in [2.75, 3.05) is 19.0 Å². The van der Waals surface area contributed by atoms with E-state index in [2.05, 4.69) is 22.5 Å². The number of benzene rings is 1. The van der Waals surface area contributed by atoms with Crippen molar-refractivity contribution in [1.82, 2.24) is 5.32 Å². The van der Waals surface area contributed by atoms with E-state index in [-0.39, 0.29) is 6.03 Å². The van der Waals surface area contributed by atoms with Crippen LogP contribution in [0.2, 0.25) is 0 Å². The molecule has 4 heteroatoms. The lowest BCUT2D eigenvalue weighted by atomic mass is 10.3. The molecule has 0 spiro atoms. The van der Waals surface area contributed by atoms with E-state index in [1.165, 1.54) is 0 Å². The number of rotatable bonds is 4. The Bertz CT molecular complexity index is 433. The Morgan fingerprint density at radius 3 is 3.00 bits per heavy atom. The lowest BCUT2D eigenvalue weighted by Crippen LogP contribution is -2.29. The number of methoxy groups -OCH3 is 1. The predicted octanol–water partition coefficient (Wildman–Crippen LogP) is 2.23. The highest BCUT2D eigenvalue weighted by Gasteiger charge is 2.01. The van der Waals surface area contributed by atoms with Gasteiger partial charge in [-0.3, -0.25) is 0 Å². The van der Waals surface area contributed by atoms with Gasteiger partial charge in [0.2, 0.25) is 0 Å². The highest BCUT2D eigenvalue weighted by atomic mass is 16.5. The predicted molar refractivity (Wildman–Crippen MR) is 68.1 cm³/mol. The Morgan fingerprint density at radius 1 is 1.47 bits per heavy atom. The molecule has 0 atom stereocenters. The molecule has 0 aliphatic carbocycles. The molecular formula is C13H16N2O2. The van der Waals surface area contributed by atoms with Crippen LogP contribution in [0.4, 0.5) is 10.5 Å². The Labute approximate surface area is 101 Å². The lowest BCUT2D eigenvalue weighted by molar-refractivity contribution is 0.252. The van der Waals surface area contributed by atoms with Crippen LogP contribution in [0.15, 0.2) is 24.3 Å². The van der Waals surface area contributed by atoms with Crippen LogP contribution in [0.3, 0.4) is 0 Å². The Kier molecular flexibility index (Phi) is 5.45. The molecule has 0 saturated carbocycles. The summed E-state index contributed by atoms with van der Waals surface area (Å²) in [6.45, 7) is 2.31. The van der Waals surface area contributed by atoms with Crippen molar-refractivity contribution in [3.05, 3.63) is 24.3 Å². The fourth-order valence-corrected chi connectivity index (χ4v) is 1.24. The van der Waals surface area contributed by atoms with E-state index in [1.54, 1.807) is 26.2 Å². The highest BCUT2D eigenvalue weighted by molar-refractivity contribution is 5.89. The second-order valence-electron chi connectivity index (χ2n) is 3.29. The maximum atomic E-state index is 11.5. The number of amides is 2. The molecule has 1 aromatic carbocycles. The summed E-state index contributed by atoms with van der Waals surface area (Å²) in [5.74, 6) is 6.35. The second kappa shape index (κ2) is 7.18. The van der Waals surface area contributed by atoms with E-state index < -0.39 is 0 Å². The molecule has 0 unspecified atom stereocenters. The summed E-state index contributed by atoms with van der Waals surface area (Å²) in [7, 11) is 1.59. The minimum Gasteiger partial charge on any atom is -0.497 e. The Balaban J connectivity index is 2.41. The number of urea groups is 1. The van der Waals surface area contributed by atoms with Gasteiger partial charge in [-0.2, -0.15) is 0 Å². The van der Waals surface area contributed by atoms with E-state index in [0.29, 0.717) is 24.4 Å². The fourth-order valence-electron chi connectivity index (χ4n) is 1.24. The summed E-state index contributed by atoms with van der Waals surface area (Å²) in [5, 5.41) is 5.43. The van der Waals surface area contributed by atoms with Crippen LogP contribution < -0.4 is 15.4 Å². The van der Waals surface area contributed by atoms with Crippen LogP contribution in [0.5, 0.6) is 5.75 Å². The van der Waals surface area contributed by atoms with Crippen molar-refractivity contribution in [3.8, 4) is 17.6 Å². The van der Waals surface area contributed by atoms with Crippen LogP contribution in [-0.2, 0) is 0 Å². The average Bonchev–Trinajstić information content (AvgIpc) is 2.35. The van der Waals surface area contributed by atoms with Gasteiger partial charge in [-0.1, -0.05) is 6.07 Å². The zero-order valence-electron chi connectivity index (χ0n) is 10.0. The SMILES string of the molecule is CC#CCCNC(=O)Nc1cccc(OC)c1. The summed E-state index contributed by atoms with van der Waals surface area (Å²) in [6, 6.07) is 6.95. The molecule has 0 aromatic heterocycles. The molecule has 90 valence electrons. The molecule has 0 fully saturated rings. The Morgan fingerprint density at radius 2 is 2.29 bits per heavy atom. The van der Waals surface area contributed by atoms with Gasteiger partial charge in [-0.05, 0) is 19.1 Å². The van der Waals surface area contributed by atoms with E-state index in [1.807, 2.05) is 12.1 Å². The van der Waals surface area contributed by atoms with Gasteiger partial charge in [0.1, 0.15) is 5.75 Å². The van der Waals surface area contributed by atoms with Gasteiger partial charge in [0.15, 0.2) is 0 Å². The van der Waals surface area contributed by atoms with Gasteiger partial charge < -0.3 is 15.4 Å². The van der Waals surface area contributed by atoms with Crippen LogP contribution in [0.25, 0.3) is 0 Å². The quantitative estimate of drug-likeness (QED) is 0.618. The van der Waals surface area contributed by atoms with Gasteiger partial charge in [0.25, 0.3) is 0 Å². The molecule has 0 radical (unpaired) electrons. The molecule has 1 aromatic rings. The van der Waals surface area contributed by atoms with E-state index >= 15 is 0 Å². The molecule has 17 heavy (non-hydrogen) atoms. The first-order valence-electron chi connectivity index (χ1n) is 5.34. The molecule has 0 saturated heterocycles. The van der Waals surface area contributed by atoms with Crippen molar-refractivity contribution >= 4 is 11.7 Å². The van der Waals surface area contributed by atoms with Crippen LogP contribution in [0, 0.1) is 11.8 Å². The molecule has 0 bridgehead atoms. The maximum Gasteiger partial charge on any atom is 0.319 e. The number of hydrogen-bond donors (Lipinski definition) is 2. The zero-order chi connectivity index (χ0) is 12.5. The number of carbonyl (C=O) groups excluding carboxylic acids is 1. The molecule has 2 N–H and O–H groups in total. The summed E-state index contributed by atoms with van der Waals surface area (Å²) in [4.78, 5) is 11.5. The lowest BCUT2D eigenvalue weighted by Gasteiger charge is -2.07. The van der Waals surface area contributed by atoms with E-state index in [9.17, 15) is 4.79 Å². The molecule has 4 nitrogen and oxygen atoms in total. The average molecular weight is 232 g/mol. The third-order valence-electron chi connectivity index (χ3n) is 2.04. The first-order chi connectivity index (χ1) is 8.26. The van der Waals surface area contributed by atoms with Gasteiger partial charge in [-0.25, -0.2) is 4.79 Å². The number of ether oxygens (including phenoxy) is 1. The van der Waals surface area contributed by atoms with Crippen molar-refractivity contribution in [1.29, 1.82) is 0 Å². The van der Waals surface area contributed by atoms with Gasteiger partial charge >= 0.3 is 6.03 Å². The summed E-state index contributed by atoms with van der Waals surface area (Å²) < 4.78 is 5.06. The maximum absolute atomic E-state index is 11.5. The summed E-state index contributed by atoms with van der Waals surface area (Å²) >= 11 is 0. The van der Waals surface area contributed by atoms with Crippen LogP contribution in [0.1, 0.15) is 13.3 Å². The molecule has 0 heterocycles. The third-order valence-corrected chi connectivity index (χ3v) is 2.04. The Hall–Kier alpha value is -2.15. The number of hydrogen-bond acceptors (Lipinski definition) is 2. The molecule has 2 amide bonds. The molecule has 1 rings (SSSR count). The largest absolute Gasteiger partial charge is 0.497 e. The third kappa shape index (κ3) is 4.94. The minimum absolute atomic E-state index is 0.240. The first kappa shape index (κ1) is 12.9. The molecule has 0 aliphatic rings. The standard InChI is InChI=1S/C13H16N2O2/c1-3-4-5-9-14-13(16)15-11-7-6-8-12(10-11)17-2/h6-8,10H,5,9H2,1-2H3,(H2,14,15,16). The second-order valence-corrected chi connectivity index (χ2v) is 3.29. The van der Waals surface area contributed by atoms with Crippen LogP contribution in [-0.4, -0.2) is 19.7 Å². The monoisotopic (exact) mass is 232 g/mol. The summed E-state index contributed by atoms with van der Waals surface area (Å²) in [6.07, 6.45) is 0.655. The van der Waals surface area contributed by atoms with Gasteiger partial charge in [-0.15, -0.1) is 11.8 Å². The number of carbonyl (C=O) groups is 1. The summed E-state index contributed by atoms with van der Waals surface area (Å²) in [5.41, 5.74) is 0.698. The van der Waals surface area contributed by atoms with Crippen molar-refractivity contribution in [2.45, 2.75) is 13.3 Å². The smallest absolute Gasteiger partial charge is 0.319 e. The number of nitrogens with one attached hydrogen (secondary N) is 2. The van der Waals surface area contributed by atoms with E-state index in [4.69, 9.17) is 4.74 Å². The highest BCUT2D eigenvalue weighted by Crippen LogP contribution is 2.16. The molecular weight excluding hydrogens is 216 g/mol. The topological polar surface area (TPSA) is 50.4 Å². The fraction of sp³-hybridized carbons (Fsp3) is 0.308. The normalized spacial score (nSPS) is 8.82. The first-order valence-corrected chi connectivity index (χ1v) is 5.34. The van der Waals surface area contributed by atoms with Crippen molar-refractivity contribution in [3.63, 3.8) is 0 Å². The zero-order valence-corrected chi connectivity index (χ0v) is 10.0. The minimum atomic E-state index is -0.240. The van der Waals surface area contributed by atoms with Gasteiger partial charge in [0.05, 0.1) is 7.11 Å².